The van der Waals surface area contributed by atoms with Gasteiger partial charge in [-0.05, 0) is 134 Å². The predicted molar refractivity (Wildman–Crippen MR) is 175 cm³/mol. The molecule has 0 amide bonds. The summed E-state index contributed by atoms with van der Waals surface area (Å²) in [6.07, 6.45) is 22.1. The molecule has 0 aromatic carbocycles. The molecule has 0 aromatic heterocycles. The van der Waals surface area contributed by atoms with Gasteiger partial charge in [-0.3, -0.25) is 4.79 Å². The van der Waals surface area contributed by atoms with E-state index >= 15 is 0 Å². The van der Waals surface area contributed by atoms with Crippen LogP contribution in [0.1, 0.15) is 152 Å². The van der Waals surface area contributed by atoms with Gasteiger partial charge in [0, 0.05) is 0 Å². The van der Waals surface area contributed by atoms with Crippen LogP contribution in [0.3, 0.4) is 0 Å². The van der Waals surface area contributed by atoms with Crippen molar-refractivity contribution in [3.8, 4) is 0 Å². The molecule has 0 heterocycles. The van der Waals surface area contributed by atoms with Crippen molar-refractivity contribution in [1.82, 2.24) is 0 Å². The third-order valence-electron chi connectivity index (χ3n) is 14.7. The molecule has 0 radical (unpaired) electrons. The van der Waals surface area contributed by atoms with E-state index in [0.717, 1.165) is 49.4 Å². The van der Waals surface area contributed by atoms with Crippen LogP contribution < -0.4 is 0 Å². The molecule has 7 unspecified atom stereocenters. The molecule has 9 atom stereocenters. The van der Waals surface area contributed by atoms with Gasteiger partial charge < -0.3 is 5.11 Å². The van der Waals surface area contributed by atoms with Crippen molar-refractivity contribution in [1.29, 1.82) is 0 Å². The fourth-order valence-electron chi connectivity index (χ4n) is 12.3. The lowest BCUT2D eigenvalue weighted by molar-refractivity contribution is -0.225. The summed E-state index contributed by atoms with van der Waals surface area (Å²) in [4.78, 5) is 11.7. The maximum atomic E-state index is 11.7. The van der Waals surface area contributed by atoms with Crippen molar-refractivity contribution in [3.63, 3.8) is 0 Å². The normalized spacial score (nSPS) is 44.6. The first-order valence-electron chi connectivity index (χ1n) is 17.6. The van der Waals surface area contributed by atoms with Crippen LogP contribution in [0.25, 0.3) is 0 Å². The average molecular weight is 567 g/mol. The van der Waals surface area contributed by atoms with E-state index in [4.69, 9.17) is 0 Å². The number of rotatable bonds is 5. The highest BCUT2D eigenvalue weighted by molar-refractivity contribution is 5.70. The molecule has 4 saturated carbocycles. The van der Waals surface area contributed by atoms with Gasteiger partial charge in [0.25, 0.3) is 0 Å². The number of carboxylic acids is 1. The minimum atomic E-state index is -0.568. The fraction of sp³-hybridized carbons (Fsp3) is 0.872. The molecular formula is C39H66O2. The van der Waals surface area contributed by atoms with E-state index in [2.05, 4.69) is 68.0 Å². The molecule has 1 N–H and O–H groups in total. The summed E-state index contributed by atoms with van der Waals surface area (Å²) in [6.45, 7) is 26.2. The molecular weight excluding hydrogens is 500 g/mol. The molecule has 5 aliphatic rings. The van der Waals surface area contributed by atoms with Crippen LogP contribution in [0, 0.1) is 62.6 Å². The molecule has 2 heteroatoms. The number of allylic oxidation sites excluding steroid dienone is 3. The molecule has 0 saturated heterocycles. The van der Waals surface area contributed by atoms with Gasteiger partial charge in [0.05, 0.1) is 5.92 Å². The summed E-state index contributed by atoms with van der Waals surface area (Å²) in [7, 11) is 0. The number of carboxylic acid groups (broad SMARTS) is 1. The second kappa shape index (κ2) is 11.8. The van der Waals surface area contributed by atoms with Gasteiger partial charge in [-0.1, -0.05) is 92.4 Å². The minimum absolute atomic E-state index is 0.116. The van der Waals surface area contributed by atoms with Crippen LogP contribution in [-0.2, 0) is 4.79 Å². The van der Waals surface area contributed by atoms with Crippen LogP contribution >= 0.6 is 0 Å². The molecule has 0 aliphatic heterocycles. The first-order valence-corrected chi connectivity index (χ1v) is 17.6. The molecule has 5 aliphatic carbocycles. The van der Waals surface area contributed by atoms with E-state index in [1.165, 1.54) is 64.2 Å². The Balaban J connectivity index is 0.00000124. The van der Waals surface area contributed by atoms with Crippen molar-refractivity contribution < 1.29 is 9.90 Å². The zero-order chi connectivity index (χ0) is 30.4. The minimum Gasteiger partial charge on any atom is -0.481 e. The number of carbonyl (C=O) groups is 1. The van der Waals surface area contributed by atoms with Crippen molar-refractivity contribution >= 4 is 5.97 Å². The Hall–Kier alpha value is -1.05. The lowest BCUT2D eigenvalue weighted by Gasteiger charge is -2.72. The maximum absolute atomic E-state index is 11.7. The smallest absolute Gasteiger partial charge is 0.306 e. The van der Waals surface area contributed by atoms with E-state index in [-0.39, 0.29) is 11.3 Å². The van der Waals surface area contributed by atoms with Gasteiger partial charge in [-0.2, -0.15) is 0 Å². The van der Waals surface area contributed by atoms with Crippen LogP contribution in [0.2, 0.25) is 0 Å². The Bertz CT molecular complexity index is 988. The molecule has 41 heavy (non-hydrogen) atoms. The molecule has 0 spiro atoms. The Morgan fingerprint density at radius 1 is 0.951 bits per heavy atom. The van der Waals surface area contributed by atoms with Crippen molar-refractivity contribution in [2.75, 3.05) is 0 Å². The van der Waals surface area contributed by atoms with Crippen LogP contribution in [0.15, 0.2) is 24.3 Å². The number of hydrogen-bond donors (Lipinski definition) is 1. The number of fused-ring (bicyclic) bond motifs is 5. The summed E-state index contributed by atoms with van der Waals surface area (Å²) in [5.41, 5.74) is 3.69. The molecule has 2 nitrogen and oxygen atoms in total. The first-order chi connectivity index (χ1) is 19.1. The lowest BCUT2D eigenvalue weighted by atomic mass is 9.32. The number of hydrogen-bond acceptors (Lipinski definition) is 1. The molecule has 234 valence electrons. The molecule has 0 aromatic rings. The molecule has 0 bridgehead atoms. The van der Waals surface area contributed by atoms with Gasteiger partial charge in [0.1, 0.15) is 0 Å². The SMILES string of the molecule is C=CC.CCC[C@@H]1C2CCC3C4(C)CC=C(CC5CCCC(C(=O)O)C5)C(C)(C)C4CCC3(C)[C@]2(C)CCC1(C)C. The van der Waals surface area contributed by atoms with E-state index in [0.29, 0.717) is 27.6 Å². The standard InChI is InChI=1S/C36H60O2.C3H6/c1-9-11-27-28-14-15-30-34(6)18-16-26(23-24-12-10-13-25(22-24)31(37)38)33(4,5)29(34)17-19-36(30,8)35(28,7)21-20-32(27,2)3;1-3-2/h16,24-25,27-30H,9-15,17-23H2,1-8H3,(H,37,38);3H,1H2,2H3/t24?,25?,27-,28?,29?,30?,34?,35-,36?;/m1./s1. The summed E-state index contributed by atoms with van der Waals surface area (Å²) in [6, 6.07) is 0. The first kappa shape index (κ1) is 32.9. The van der Waals surface area contributed by atoms with Gasteiger partial charge >= 0.3 is 5.97 Å². The Morgan fingerprint density at radius 3 is 2.27 bits per heavy atom. The van der Waals surface area contributed by atoms with E-state index in [1.807, 2.05) is 6.92 Å². The second-order valence-electron chi connectivity index (χ2n) is 17.4. The predicted octanol–water partition coefficient (Wildman–Crippen LogP) is 11.5. The monoisotopic (exact) mass is 567 g/mol. The van der Waals surface area contributed by atoms with E-state index < -0.39 is 5.97 Å². The third-order valence-corrected chi connectivity index (χ3v) is 14.7. The Labute approximate surface area is 254 Å². The summed E-state index contributed by atoms with van der Waals surface area (Å²) in [5, 5.41) is 9.65. The second-order valence-corrected chi connectivity index (χ2v) is 17.4. The number of aliphatic carboxylic acids is 1. The van der Waals surface area contributed by atoms with Crippen LogP contribution in [0.5, 0.6) is 0 Å². The summed E-state index contributed by atoms with van der Waals surface area (Å²) < 4.78 is 0. The quantitative estimate of drug-likeness (QED) is 0.336. The van der Waals surface area contributed by atoms with Crippen molar-refractivity contribution in [2.45, 2.75) is 152 Å². The van der Waals surface area contributed by atoms with Gasteiger partial charge in [-0.15, -0.1) is 6.58 Å². The highest BCUT2D eigenvalue weighted by atomic mass is 16.4. The Morgan fingerprint density at radius 2 is 1.63 bits per heavy atom. The van der Waals surface area contributed by atoms with Gasteiger partial charge in [-0.25, -0.2) is 0 Å². The topological polar surface area (TPSA) is 37.3 Å². The van der Waals surface area contributed by atoms with Crippen molar-refractivity contribution in [3.05, 3.63) is 24.3 Å². The third kappa shape index (κ3) is 5.43. The zero-order valence-corrected chi connectivity index (χ0v) is 28.6. The van der Waals surface area contributed by atoms with Crippen LogP contribution in [-0.4, -0.2) is 11.1 Å². The van der Waals surface area contributed by atoms with E-state index in [9.17, 15) is 9.90 Å². The largest absolute Gasteiger partial charge is 0.481 e. The summed E-state index contributed by atoms with van der Waals surface area (Å²) in [5.74, 6) is 3.22. The van der Waals surface area contributed by atoms with E-state index in [1.54, 1.807) is 11.6 Å². The summed E-state index contributed by atoms with van der Waals surface area (Å²) >= 11 is 0. The highest BCUT2D eigenvalue weighted by Crippen LogP contribution is 2.75. The Kier molecular flexibility index (Phi) is 9.46. The van der Waals surface area contributed by atoms with Crippen LogP contribution in [0.4, 0.5) is 0 Å². The zero-order valence-electron chi connectivity index (χ0n) is 28.6. The van der Waals surface area contributed by atoms with Crippen molar-refractivity contribution in [2.24, 2.45) is 62.6 Å². The maximum Gasteiger partial charge on any atom is 0.306 e. The van der Waals surface area contributed by atoms with Gasteiger partial charge in [0.2, 0.25) is 0 Å². The average Bonchev–Trinajstić information content (AvgIpc) is 2.89. The van der Waals surface area contributed by atoms with Gasteiger partial charge in [0.15, 0.2) is 0 Å². The fourth-order valence-corrected chi connectivity index (χ4v) is 12.3. The highest BCUT2D eigenvalue weighted by Gasteiger charge is 2.68. The lowest BCUT2D eigenvalue weighted by Crippen LogP contribution is -2.65. The molecule has 4 fully saturated rings. The molecule has 5 rings (SSSR count).